The molecule has 0 unspecified atom stereocenters. The minimum absolute atomic E-state index is 1.05. The minimum atomic E-state index is 1.05. The molecule has 0 saturated heterocycles. The molecule has 0 aliphatic heterocycles. The van der Waals surface area contributed by atoms with Crippen LogP contribution in [0.5, 0.6) is 0 Å². The van der Waals surface area contributed by atoms with E-state index in [0.29, 0.717) is 0 Å². The van der Waals surface area contributed by atoms with Crippen LogP contribution in [0.4, 0.5) is 0 Å². The first-order valence-electron chi connectivity index (χ1n) is 7.75. The maximum Gasteiger partial charge on any atom is 0.0727 e. The maximum absolute atomic E-state index is 4.91. The molecule has 112 valence electrons. The Balaban J connectivity index is 2.03. The average molecular weight is 315 g/mol. The van der Waals surface area contributed by atoms with Crippen LogP contribution < -0.4 is 0 Å². The summed E-state index contributed by atoms with van der Waals surface area (Å²) in [5.74, 6) is 0. The lowest BCUT2D eigenvalue weighted by Crippen LogP contribution is -1.89. The van der Waals surface area contributed by atoms with E-state index in [0.717, 1.165) is 11.2 Å². The number of aromatic nitrogens is 1. The lowest BCUT2D eigenvalue weighted by atomic mass is 9.98. The molecule has 2 aromatic carbocycles. The van der Waals surface area contributed by atoms with Crippen molar-refractivity contribution in [3.63, 3.8) is 0 Å². The van der Waals surface area contributed by atoms with Crippen LogP contribution in [-0.2, 0) is 0 Å². The highest BCUT2D eigenvalue weighted by Crippen LogP contribution is 2.35. The van der Waals surface area contributed by atoms with E-state index in [1.165, 1.54) is 31.8 Å². The van der Waals surface area contributed by atoms with Gasteiger partial charge in [0.2, 0.25) is 0 Å². The van der Waals surface area contributed by atoms with Crippen molar-refractivity contribution in [2.45, 2.75) is 13.8 Å². The monoisotopic (exact) mass is 315 g/mol. The molecule has 0 aliphatic rings. The molecule has 0 bridgehead atoms. The van der Waals surface area contributed by atoms with Gasteiger partial charge in [-0.1, -0.05) is 48.5 Å². The Bertz CT molecular complexity index is 983. The number of fused-ring (bicyclic) bond motifs is 1. The van der Waals surface area contributed by atoms with Crippen LogP contribution in [0.25, 0.3) is 33.3 Å². The van der Waals surface area contributed by atoms with Gasteiger partial charge in [-0.2, -0.15) is 0 Å². The predicted octanol–water partition coefficient (Wildman–Crippen LogP) is 6.25. The van der Waals surface area contributed by atoms with Gasteiger partial charge in [0.05, 0.1) is 11.2 Å². The molecule has 2 heterocycles. The van der Waals surface area contributed by atoms with E-state index < -0.39 is 0 Å². The van der Waals surface area contributed by atoms with E-state index in [4.69, 9.17) is 4.98 Å². The Hall–Kier alpha value is -2.45. The normalized spacial score (nSPS) is 11.0. The second kappa shape index (κ2) is 5.64. The molecule has 0 radical (unpaired) electrons. The van der Waals surface area contributed by atoms with Crippen LogP contribution in [0.3, 0.4) is 0 Å². The van der Waals surface area contributed by atoms with Crippen molar-refractivity contribution in [1.29, 1.82) is 0 Å². The van der Waals surface area contributed by atoms with Crippen molar-refractivity contribution < 1.29 is 0 Å². The zero-order chi connectivity index (χ0) is 15.8. The Kier molecular flexibility index (Phi) is 3.47. The number of thiophene rings is 1. The van der Waals surface area contributed by atoms with Gasteiger partial charge < -0.3 is 0 Å². The van der Waals surface area contributed by atoms with Gasteiger partial charge in [0.1, 0.15) is 0 Å². The van der Waals surface area contributed by atoms with Crippen LogP contribution in [0.1, 0.15) is 9.75 Å². The highest BCUT2D eigenvalue weighted by molar-refractivity contribution is 7.12. The van der Waals surface area contributed by atoms with Gasteiger partial charge in [0.15, 0.2) is 0 Å². The zero-order valence-corrected chi connectivity index (χ0v) is 14.0. The summed E-state index contributed by atoms with van der Waals surface area (Å²) in [5.41, 5.74) is 5.83. The molecule has 4 rings (SSSR count). The van der Waals surface area contributed by atoms with E-state index >= 15 is 0 Å². The first kappa shape index (κ1) is 14.2. The molecular weight excluding hydrogens is 298 g/mol. The molecule has 4 aromatic rings. The van der Waals surface area contributed by atoms with Gasteiger partial charge in [-0.3, -0.25) is 0 Å². The first-order chi connectivity index (χ1) is 11.2. The highest BCUT2D eigenvalue weighted by Gasteiger charge is 2.12. The van der Waals surface area contributed by atoms with Crippen molar-refractivity contribution in [3.05, 3.63) is 76.5 Å². The topological polar surface area (TPSA) is 12.9 Å². The van der Waals surface area contributed by atoms with Crippen LogP contribution in [-0.4, -0.2) is 4.98 Å². The smallest absolute Gasteiger partial charge is 0.0727 e. The largest absolute Gasteiger partial charge is 0.248 e. The zero-order valence-electron chi connectivity index (χ0n) is 13.2. The van der Waals surface area contributed by atoms with E-state index in [2.05, 4.69) is 80.6 Å². The number of nitrogens with zero attached hydrogens (tertiary/aromatic N) is 1. The minimum Gasteiger partial charge on any atom is -0.248 e. The number of benzene rings is 2. The number of aryl methyl sites for hydroxylation is 2. The van der Waals surface area contributed by atoms with Crippen molar-refractivity contribution in [1.82, 2.24) is 4.98 Å². The van der Waals surface area contributed by atoms with Gasteiger partial charge in [-0.05, 0) is 43.2 Å². The van der Waals surface area contributed by atoms with Gasteiger partial charge in [-0.25, -0.2) is 4.98 Å². The summed E-state index contributed by atoms with van der Waals surface area (Å²) in [6.45, 7) is 4.33. The number of para-hydroxylation sites is 1. The average Bonchev–Trinajstić information content (AvgIpc) is 2.93. The van der Waals surface area contributed by atoms with Gasteiger partial charge in [0.25, 0.3) is 0 Å². The summed E-state index contributed by atoms with van der Waals surface area (Å²) in [7, 11) is 0. The summed E-state index contributed by atoms with van der Waals surface area (Å²) in [6.07, 6.45) is 0. The third kappa shape index (κ3) is 2.55. The standard InChI is InChI=1S/C21H17NS/c1-14-12-18(15(2)23-14)21-13-19(16-8-4-3-5-9-16)17-10-6-7-11-20(17)22-21/h3-13H,1-2H3. The second-order valence-electron chi connectivity index (χ2n) is 5.77. The van der Waals surface area contributed by atoms with Gasteiger partial charge in [0, 0.05) is 20.7 Å². The second-order valence-corrected chi connectivity index (χ2v) is 7.23. The fourth-order valence-corrected chi connectivity index (χ4v) is 3.99. The van der Waals surface area contributed by atoms with E-state index in [1.54, 1.807) is 0 Å². The van der Waals surface area contributed by atoms with E-state index in [-0.39, 0.29) is 0 Å². The SMILES string of the molecule is Cc1cc(-c2cc(-c3ccccc3)c3ccccc3n2)c(C)s1. The summed E-state index contributed by atoms with van der Waals surface area (Å²) in [4.78, 5) is 7.56. The van der Waals surface area contributed by atoms with Crippen LogP contribution >= 0.6 is 11.3 Å². The number of rotatable bonds is 2. The molecule has 0 atom stereocenters. The Morgan fingerprint density at radius 3 is 2.26 bits per heavy atom. The molecule has 0 aliphatic carbocycles. The Morgan fingerprint density at radius 2 is 1.52 bits per heavy atom. The molecule has 23 heavy (non-hydrogen) atoms. The van der Waals surface area contributed by atoms with Gasteiger partial charge in [-0.15, -0.1) is 11.3 Å². The lowest BCUT2D eigenvalue weighted by Gasteiger charge is -2.10. The molecule has 2 heteroatoms. The molecule has 1 nitrogen and oxygen atoms in total. The van der Waals surface area contributed by atoms with Crippen molar-refractivity contribution in [2.75, 3.05) is 0 Å². The van der Waals surface area contributed by atoms with Crippen LogP contribution in [0, 0.1) is 13.8 Å². The van der Waals surface area contributed by atoms with Crippen molar-refractivity contribution >= 4 is 22.2 Å². The summed E-state index contributed by atoms with van der Waals surface area (Å²) < 4.78 is 0. The van der Waals surface area contributed by atoms with Crippen molar-refractivity contribution in [2.24, 2.45) is 0 Å². The number of pyridine rings is 1. The fraction of sp³-hybridized carbons (Fsp3) is 0.0952. The fourth-order valence-electron chi connectivity index (χ4n) is 3.06. The van der Waals surface area contributed by atoms with Gasteiger partial charge >= 0.3 is 0 Å². The van der Waals surface area contributed by atoms with Crippen molar-refractivity contribution in [3.8, 4) is 22.4 Å². The molecular formula is C21H17NS. The molecule has 0 amide bonds. The summed E-state index contributed by atoms with van der Waals surface area (Å²) in [5, 5.41) is 1.20. The molecule has 0 fully saturated rings. The quantitative estimate of drug-likeness (QED) is 0.426. The van der Waals surface area contributed by atoms with E-state index in [9.17, 15) is 0 Å². The Morgan fingerprint density at radius 1 is 0.783 bits per heavy atom. The third-order valence-electron chi connectivity index (χ3n) is 4.12. The van der Waals surface area contributed by atoms with Crippen LogP contribution in [0.15, 0.2) is 66.7 Å². The van der Waals surface area contributed by atoms with E-state index in [1.807, 2.05) is 11.3 Å². The number of hydrogen-bond acceptors (Lipinski definition) is 2. The highest BCUT2D eigenvalue weighted by atomic mass is 32.1. The third-order valence-corrected chi connectivity index (χ3v) is 5.08. The predicted molar refractivity (Wildman–Crippen MR) is 100.0 cm³/mol. The lowest BCUT2D eigenvalue weighted by molar-refractivity contribution is 1.39. The van der Waals surface area contributed by atoms with Crippen LogP contribution in [0.2, 0.25) is 0 Å². The molecule has 0 spiro atoms. The molecule has 2 aromatic heterocycles. The Labute approximate surface area is 140 Å². The summed E-state index contributed by atoms with van der Waals surface area (Å²) >= 11 is 1.83. The number of hydrogen-bond donors (Lipinski definition) is 0. The molecule has 0 saturated carbocycles. The first-order valence-corrected chi connectivity index (χ1v) is 8.56. The molecule has 0 N–H and O–H groups in total. The summed E-state index contributed by atoms with van der Waals surface area (Å²) in [6, 6.07) is 23.4. The maximum atomic E-state index is 4.91.